The Morgan fingerprint density at radius 1 is 1.41 bits per heavy atom. The average Bonchev–Trinajstić information content (AvgIpc) is 2.64. The maximum Gasteiger partial charge on any atom is 0.127 e. The van der Waals surface area contributed by atoms with Gasteiger partial charge in [0.15, 0.2) is 0 Å². The summed E-state index contributed by atoms with van der Waals surface area (Å²) in [7, 11) is 0. The highest BCUT2D eigenvalue weighted by atomic mass is 15.1. The van der Waals surface area contributed by atoms with Crippen molar-refractivity contribution in [2.24, 2.45) is 11.1 Å². The largest absolute Gasteiger partial charge is 0.327 e. The van der Waals surface area contributed by atoms with Gasteiger partial charge in [-0.15, -0.1) is 0 Å². The zero-order valence-electron chi connectivity index (χ0n) is 10.9. The highest BCUT2D eigenvalue weighted by Gasteiger charge is 2.27. The van der Waals surface area contributed by atoms with E-state index in [4.69, 9.17) is 5.73 Å². The van der Waals surface area contributed by atoms with Gasteiger partial charge in [-0.25, -0.2) is 4.98 Å². The molecule has 0 aliphatic rings. The SMILES string of the molecule is CCn1c(C(N)C(C)(C)C)nc2cnccc21. The summed E-state index contributed by atoms with van der Waals surface area (Å²) in [6.07, 6.45) is 3.59. The summed E-state index contributed by atoms with van der Waals surface area (Å²) in [4.78, 5) is 8.73. The first kappa shape index (κ1) is 12.0. The molecule has 0 spiro atoms. The molecule has 0 saturated carbocycles. The first-order valence-corrected chi connectivity index (χ1v) is 6.01. The number of hydrogen-bond donors (Lipinski definition) is 1. The minimum Gasteiger partial charge on any atom is -0.327 e. The van der Waals surface area contributed by atoms with E-state index in [1.165, 1.54) is 0 Å². The van der Waals surface area contributed by atoms with E-state index in [0.29, 0.717) is 0 Å². The first-order chi connectivity index (χ1) is 7.95. The van der Waals surface area contributed by atoms with Gasteiger partial charge in [0.2, 0.25) is 0 Å². The Hall–Kier alpha value is -1.42. The highest BCUT2D eigenvalue weighted by molar-refractivity contribution is 5.74. The van der Waals surface area contributed by atoms with Crippen molar-refractivity contribution in [1.29, 1.82) is 0 Å². The normalized spacial score (nSPS) is 14.2. The van der Waals surface area contributed by atoms with Crippen LogP contribution >= 0.6 is 0 Å². The average molecular weight is 232 g/mol. The van der Waals surface area contributed by atoms with Crippen LogP contribution in [0.25, 0.3) is 11.0 Å². The van der Waals surface area contributed by atoms with E-state index in [-0.39, 0.29) is 11.5 Å². The predicted octanol–water partition coefficient (Wildman–Crippen LogP) is 2.50. The van der Waals surface area contributed by atoms with Gasteiger partial charge in [0, 0.05) is 12.7 Å². The van der Waals surface area contributed by atoms with E-state index in [1.807, 2.05) is 6.07 Å². The van der Waals surface area contributed by atoms with Crippen LogP contribution in [0.2, 0.25) is 0 Å². The minimum atomic E-state index is -0.0742. The molecule has 92 valence electrons. The number of fused-ring (bicyclic) bond motifs is 1. The van der Waals surface area contributed by atoms with Gasteiger partial charge in [0.05, 0.1) is 17.8 Å². The van der Waals surface area contributed by atoms with Crippen LogP contribution in [0.1, 0.15) is 39.6 Å². The molecule has 4 nitrogen and oxygen atoms in total. The Kier molecular flexibility index (Phi) is 2.91. The van der Waals surface area contributed by atoms with Crippen LogP contribution in [0, 0.1) is 5.41 Å². The summed E-state index contributed by atoms with van der Waals surface area (Å²) in [5.41, 5.74) is 8.34. The molecule has 17 heavy (non-hydrogen) atoms. The van der Waals surface area contributed by atoms with Crippen LogP contribution in [0.5, 0.6) is 0 Å². The summed E-state index contributed by atoms with van der Waals surface area (Å²) in [6, 6.07) is 1.92. The van der Waals surface area contributed by atoms with E-state index >= 15 is 0 Å². The molecule has 2 aromatic rings. The van der Waals surface area contributed by atoms with Crippen LogP contribution in [0.15, 0.2) is 18.5 Å². The molecule has 1 unspecified atom stereocenters. The van der Waals surface area contributed by atoms with E-state index in [9.17, 15) is 0 Å². The summed E-state index contributed by atoms with van der Waals surface area (Å²) in [5.74, 6) is 0.947. The highest BCUT2D eigenvalue weighted by Crippen LogP contribution is 2.31. The lowest BCUT2D eigenvalue weighted by molar-refractivity contribution is 0.309. The number of aryl methyl sites for hydroxylation is 1. The predicted molar refractivity (Wildman–Crippen MR) is 69.6 cm³/mol. The fourth-order valence-electron chi connectivity index (χ4n) is 1.96. The van der Waals surface area contributed by atoms with Crippen molar-refractivity contribution in [2.45, 2.75) is 40.3 Å². The standard InChI is InChI=1S/C13H20N4/c1-5-17-10-6-7-15-8-9(10)16-12(17)11(14)13(2,3)4/h6-8,11H,5,14H2,1-4H3. The molecule has 2 N–H and O–H groups in total. The number of aromatic nitrogens is 3. The van der Waals surface area contributed by atoms with Crippen LogP contribution in [-0.4, -0.2) is 14.5 Å². The molecular formula is C13H20N4. The lowest BCUT2D eigenvalue weighted by Gasteiger charge is -2.26. The Morgan fingerprint density at radius 3 is 2.71 bits per heavy atom. The zero-order valence-corrected chi connectivity index (χ0v) is 10.9. The molecule has 0 aliphatic carbocycles. The summed E-state index contributed by atoms with van der Waals surface area (Å²) >= 11 is 0. The van der Waals surface area contributed by atoms with Gasteiger partial charge in [-0.3, -0.25) is 4.98 Å². The summed E-state index contributed by atoms with van der Waals surface area (Å²) in [5, 5.41) is 0. The zero-order chi connectivity index (χ0) is 12.6. The molecule has 0 aliphatic heterocycles. The third kappa shape index (κ3) is 2.05. The Morgan fingerprint density at radius 2 is 2.12 bits per heavy atom. The molecule has 2 heterocycles. The van der Waals surface area contributed by atoms with Crippen molar-refractivity contribution in [1.82, 2.24) is 14.5 Å². The minimum absolute atomic E-state index is 0.00171. The molecule has 0 saturated heterocycles. The van der Waals surface area contributed by atoms with Gasteiger partial charge in [-0.1, -0.05) is 20.8 Å². The van der Waals surface area contributed by atoms with E-state index in [2.05, 4.69) is 42.2 Å². The molecule has 4 heteroatoms. The first-order valence-electron chi connectivity index (χ1n) is 6.01. The topological polar surface area (TPSA) is 56.7 Å². The molecular weight excluding hydrogens is 212 g/mol. The van der Waals surface area contributed by atoms with Crippen molar-refractivity contribution in [3.8, 4) is 0 Å². The van der Waals surface area contributed by atoms with Gasteiger partial charge in [0.25, 0.3) is 0 Å². The lowest BCUT2D eigenvalue weighted by atomic mass is 9.87. The Bertz CT molecular complexity index is 522. The van der Waals surface area contributed by atoms with E-state index < -0.39 is 0 Å². The summed E-state index contributed by atoms with van der Waals surface area (Å²) < 4.78 is 2.17. The summed E-state index contributed by atoms with van der Waals surface area (Å²) in [6.45, 7) is 9.39. The molecule has 0 bridgehead atoms. The molecule has 0 amide bonds. The molecule has 0 aromatic carbocycles. The van der Waals surface area contributed by atoms with Gasteiger partial charge >= 0.3 is 0 Å². The third-order valence-corrected chi connectivity index (χ3v) is 3.11. The molecule has 1 atom stereocenters. The fourth-order valence-corrected chi connectivity index (χ4v) is 1.96. The maximum atomic E-state index is 6.31. The van der Waals surface area contributed by atoms with Crippen molar-refractivity contribution in [2.75, 3.05) is 0 Å². The van der Waals surface area contributed by atoms with Gasteiger partial charge in [-0.05, 0) is 18.4 Å². The van der Waals surface area contributed by atoms with Gasteiger partial charge in [0.1, 0.15) is 11.3 Å². The second-order valence-corrected chi connectivity index (χ2v) is 5.42. The number of nitrogens with zero attached hydrogens (tertiary/aromatic N) is 3. The second kappa shape index (κ2) is 4.11. The second-order valence-electron chi connectivity index (χ2n) is 5.42. The van der Waals surface area contributed by atoms with Gasteiger partial charge in [-0.2, -0.15) is 0 Å². The Balaban J connectivity index is 2.61. The number of hydrogen-bond acceptors (Lipinski definition) is 3. The van der Waals surface area contributed by atoms with Crippen LogP contribution in [-0.2, 0) is 6.54 Å². The fraction of sp³-hybridized carbons (Fsp3) is 0.538. The molecule has 2 rings (SSSR count). The number of nitrogens with two attached hydrogens (primary N) is 1. The monoisotopic (exact) mass is 232 g/mol. The van der Waals surface area contributed by atoms with Crippen molar-refractivity contribution in [3.63, 3.8) is 0 Å². The molecule has 0 radical (unpaired) electrons. The van der Waals surface area contributed by atoms with E-state index in [1.54, 1.807) is 12.4 Å². The van der Waals surface area contributed by atoms with Crippen molar-refractivity contribution < 1.29 is 0 Å². The van der Waals surface area contributed by atoms with Gasteiger partial charge < -0.3 is 10.3 Å². The lowest BCUT2D eigenvalue weighted by Crippen LogP contribution is -2.29. The number of pyridine rings is 1. The van der Waals surface area contributed by atoms with Crippen LogP contribution in [0.4, 0.5) is 0 Å². The molecule has 0 fully saturated rings. The van der Waals surface area contributed by atoms with Crippen molar-refractivity contribution >= 4 is 11.0 Å². The molecule has 2 aromatic heterocycles. The van der Waals surface area contributed by atoms with Crippen molar-refractivity contribution in [3.05, 3.63) is 24.3 Å². The third-order valence-electron chi connectivity index (χ3n) is 3.11. The number of rotatable bonds is 2. The quantitative estimate of drug-likeness (QED) is 0.865. The van der Waals surface area contributed by atoms with Crippen LogP contribution < -0.4 is 5.73 Å². The van der Waals surface area contributed by atoms with Crippen LogP contribution in [0.3, 0.4) is 0 Å². The number of imidazole rings is 1. The van der Waals surface area contributed by atoms with E-state index in [0.717, 1.165) is 23.4 Å². The maximum absolute atomic E-state index is 6.31. The smallest absolute Gasteiger partial charge is 0.127 e. The Labute approximate surface area is 102 Å².